The Morgan fingerprint density at radius 1 is 1.16 bits per heavy atom. The predicted octanol–water partition coefficient (Wildman–Crippen LogP) is -2.10. The minimum atomic E-state index is -4.61. The molecule has 0 amide bonds. The minimum Gasteiger partial charge on any atom is -1.00 e. The fraction of sp³-hybridized carbons (Fsp3) is 0.200. The average molecular weight is 314 g/mol. The molecular formula is C10H11KO7S. The van der Waals surface area contributed by atoms with E-state index in [-0.39, 0.29) is 64.3 Å². The molecule has 1 rings (SSSR count). The molecular weight excluding hydrogens is 303 g/mol. The van der Waals surface area contributed by atoms with Crippen molar-refractivity contribution < 1.29 is 84.8 Å². The molecule has 0 saturated carbocycles. The number of rotatable bonds is 3. The molecule has 0 bridgehead atoms. The molecule has 0 heterocycles. The van der Waals surface area contributed by atoms with Gasteiger partial charge in [0.2, 0.25) is 0 Å². The fourth-order valence-corrected chi connectivity index (χ4v) is 1.79. The summed E-state index contributed by atoms with van der Waals surface area (Å²) in [6.07, 6.45) is 0. The zero-order valence-electron chi connectivity index (χ0n) is 11.5. The summed E-state index contributed by atoms with van der Waals surface area (Å²) in [7, 11) is -4.61. The number of carbonyl (C=O) groups excluding carboxylic acids is 2. The molecule has 0 unspecified atom stereocenters. The maximum Gasteiger partial charge on any atom is 1.00 e. The summed E-state index contributed by atoms with van der Waals surface area (Å²) in [4.78, 5) is 20.8. The summed E-state index contributed by atoms with van der Waals surface area (Å²) in [6.45, 7) is 2.21. The predicted molar refractivity (Wildman–Crippen MR) is 60.0 cm³/mol. The van der Waals surface area contributed by atoms with Crippen molar-refractivity contribution >= 4 is 22.1 Å². The van der Waals surface area contributed by atoms with Gasteiger partial charge in [-0.05, 0) is 12.1 Å². The first-order chi connectivity index (χ1) is 8.20. The second-order valence-electron chi connectivity index (χ2n) is 3.27. The van der Waals surface area contributed by atoms with Gasteiger partial charge in [0.15, 0.2) is 5.75 Å². The molecule has 1 N–H and O–H groups in total. The summed E-state index contributed by atoms with van der Waals surface area (Å²) in [5, 5.41) is 0. The Labute approximate surface area is 153 Å². The van der Waals surface area contributed by atoms with Crippen molar-refractivity contribution in [2.24, 2.45) is 0 Å². The van der Waals surface area contributed by atoms with E-state index in [1.54, 1.807) is 0 Å². The minimum absolute atomic E-state index is 0. The van der Waals surface area contributed by atoms with E-state index < -0.39 is 27.0 Å². The monoisotopic (exact) mass is 314 g/mol. The van der Waals surface area contributed by atoms with Crippen LogP contribution in [-0.2, 0) is 19.7 Å². The third-order valence-electron chi connectivity index (χ3n) is 1.71. The van der Waals surface area contributed by atoms with E-state index in [4.69, 9.17) is 4.55 Å². The van der Waals surface area contributed by atoms with Crippen molar-refractivity contribution in [3.05, 3.63) is 18.2 Å². The molecule has 0 spiro atoms. The Kier molecular flexibility index (Phi) is 7.36. The molecule has 19 heavy (non-hydrogen) atoms. The van der Waals surface area contributed by atoms with Crippen LogP contribution in [0.5, 0.6) is 11.5 Å². The van der Waals surface area contributed by atoms with Gasteiger partial charge in [0.05, 0.1) is 0 Å². The quantitative estimate of drug-likeness (QED) is 0.295. The van der Waals surface area contributed by atoms with Gasteiger partial charge in [-0.2, -0.15) is 8.42 Å². The van der Waals surface area contributed by atoms with Crippen LogP contribution in [-0.4, -0.2) is 24.9 Å². The molecule has 0 saturated heterocycles. The Bertz CT molecular complexity index is 600. The van der Waals surface area contributed by atoms with Gasteiger partial charge in [0.25, 0.3) is 10.1 Å². The topological polar surface area (TPSA) is 107 Å². The van der Waals surface area contributed by atoms with Gasteiger partial charge in [-0.3, -0.25) is 14.1 Å². The maximum absolute atomic E-state index is 11.1. The van der Waals surface area contributed by atoms with E-state index in [9.17, 15) is 18.0 Å². The van der Waals surface area contributed by atoms with E-state index in [1.165, 1.54) is 6.07 Å². The summed E-state index contributed by atoms with van der Waals surface area (Å²) < 4.78 is 40.4. The molecule has 0 fully saturated rings. The van der Waals surface area contributed by atoms with Crippen LogP contribution >= 0.6 is 0 Å². The molecule has 0 radical (unpaired) electrons. The first-order valence-corrected chi connectivity index (χ1v) is 6.12. The molecule has 1 aromatic carbocycles. The number of hydrogen-bond donors (Lipinski definition) is 1. The third-order valence-corrected chi connectivity index (χ3v) is 2.58. The second-order valence-corrected chi connectivity index (χ2v) is 4.66. The zero-order chi connectivity index (χ0) is 13.9. The van der Waals surface area contributed by atoms with Crippen molar-refractivity contribution in [1.82, 2.24) is 0 Å². The summed E-state index contributed by atoms with van der Waals surface area (Å²) in [5.74, 6) is -1.84. The Morgan fingerprint density at radius 3 is 2.11 bits per heavy atom. The van der Waals surface area contributed by atoms with Crippen LogP contribution < -0.4 is 60.9 Å². The molecule has 100 valence electrons. The molecule has 7 nitrogen and oxygen atoms in total. The van der Waals surface area contributed by atoms with Crippen LogP contribution in [0.15, 0.2) is 23.1 Å². The van der Waals surface area contributed by atoms with E-state index in [1.807, 2.05) is 0 Å². The van der Waals surface area contributed by atoms with Gasteiger partial charge in [-0.25, -0.2) is 0 Å². The molecule has 0 aliphatic heterocycles. The Balaban J connectivity index is 0. The zero-order valence-corrected chi connectivity index (χ0v) is 14.5. The largest absolute Gasteiger partial charge is 1.00 e. The molecule has 0 aliphatic rings. The molecule has 0 atom stereocenters. The molecule has 1 aromatic rings. The first-order valence-electron chi connectivity index (χ1n) is 4.68. The van der Waals surface area contributed by atoms with Crippen LogP contribution in [0.1, 0.15) is 15.3 Å². The van der Waals surface area contributed by atoms with Crippen molar-refractivity contribution in [1.29, 1.82) is 0 Å². The standard InChI is InChI=1S/C10H10O7S.K.H/c1-6(11)16-8-3-4-9(17-7(2)12)10(5-8)18(13,14)15;;/h3-5H,1-2H3,(H,13,14,15);;/q;+1;-1. The second kappa shape index (κ2) is 7.48. The van der Waals surface area contributed by atoms with Crippen LogP contribution in [0.25, 0.3) is 0 Å². The molecule has 0 aliphatic carbocycles. The SMILES string of the molecule is CC(=O)Oc1ccc(OC(C)=O)c(S(=O)(=O)O)c1.[H-].[K+]. The number of esters is 2. The van der Waals surface area contributed by atoms with E-state index in [0.717, 1.165) is 26.0 Å². The van der Waals surface area contributed by atoms with Crippen LogP contribution in [0.4, 0.5) is 0 Å². The number of carbonyl (C=O) groups is 2. The van der Waals surface area contributed by atoms with Crippen molar-refractivity contribution in [2.75, 3.05) is 0 Å². The average Bonchev–Trinajstić information content (AvgIpc) is 2.17. The van der Waals surface area contributed by atoms with Gasteiger partial charge >= 0.3 is 63.3 Å². The van der Waals surface area contributed by atoms with Crippen molar-refractivity contribution in [2.45, 2.75) is 18.7 Å². The van der Waals surface area contributed by atoms with Crippen molar-refractivity contribution in [3.8, 4) is 11.5 Å². The van der Waals surface area contributed by atoms with E-state index >= 15 is 0 Å². The van der Waals surface area contributed by atoms with E-state index in [2.05, 4.69) is 9.47 Å². The molecule has 9 heteroatoms. The van der Waals surface area contributed by atoms with Gasteiger partial charge < -0.3 is 10.9 Å². The van der Waals surface area contributed by atoms with Crippen LogP contribution in [0, 0.1) is 0 Å². The van der Waals surface area contributed by atoms with Gasteiger partial charge in [-0.15, -0.1) is 0 Å². The summed E-state index contributed by atoms with van der Waals surface area (Å²) in [6, 6.07) is 3.21. The number of benzene rings is 1. The number of hydrogen-bond acceptors (Lipinski definition) is 6. The van der Waals surface area contributed by atoms with Crippen LogP contribution in [0.2, 0.25) is 0 Å². The van der Waals surface area contributed by atoms with Crippen molar-refractivity contribution in [3.63, 3.8) is 0 Å². The Hall–Kier alpha value is -0.294. The fourth-order valence-electron chi connectivity index (χ4n) is 1.16. The van der Waals surface area contributed by atoms with Crippen LogP contribution in [0.3, 0.4) is 0 Å². The normalized spacial score (nSPS) is 10.3. The molecule has 0 aromatic heterocycles. The smallest absolute Gasteiger partial charge is 1.00 e. The van der Waals surface area contributed by atoms with E-state index in [0.29, 0.717) is 0 Å². The number of ether oxygens (including phenoxy) is 2. The summed E-state index contributed by atoms with van der Waals surface area (Å²) >= 11 is 0. The first kappa shape index (κ1) is 18.7. The Morgan fingerprint density at radius 2 is 1.68 bits per heavy atom. The van der Waals surface area contributed by atoms with Gasteiger partial charge in [-0.1, -0.05) is 0 Å². The summed E-state index contributed by atoms with van der Waals surface area (Å²) in [5.41, 5.74) is 0. The van der Waals surface area contributed by atoms with Gasteiger partial charge in [0.1, 0.15) is 10.6 Å². The maximum atomic E-state index is 11.1. The third kappa shape index (κ3) is 6.12. The van der Waals surface area contributed by atoms with Gasteiger partial charge in [0, 0.05) is 19.9 Å².